The molecule has 134 valence electrons. The Bertz CT molecular complexity index is 699. The van der Waals surface area contributed by atoms with Gasteiger partial charge in [0, 0.05) is 42.0 Å². The van der Waals surface area contributed by atoms with Crippen molar-refractivity contribution in [1.29, 1.82) is 0 Å². The first-order chi connectivity index (χ1) is 12.2. The molecule has 1 aliphatic rings. The van der Waals surface area contributed by atoms with Crippen LogP contribution in [-0.4, -0.2) is 30.3 Å². The van der Waals surface area contributed by atoms with Crippen LogP contribution in [0.2, 0.25) is 0 Å². The van der Waals surface area contributed by atoms with E-state index in [1.807, 2.05) is 30.4 Å². The average molecular weight is 359 g/mol. The Kier molecular flexibility index (Phi) is 5.94. The lowest BCUT2D eigenvalue weighted by Gasteiger charge is -2.29. The molecule has 0 aliphatic carbocycles. The van der Waals surface area contributed by atoms with Gasteiger partial charge in [0.1, 0.15) is 0 Å². The first-order valence-corrected chi connectivity index (χ1v) is 9.66. The van der Waals surface area contributed by atoms with Gasteiger partial charge in [0.15, 0.2) is 0 Å². The number of nitrogens with zero attached hydrogens (tertiary/aromatic N) is 1. The predicted molar refractivity (Wildman–Crippen MR) is 103 cm³/mol. The second-order valence-electron chi connectivity index (χ2n) is 6.30. The normalized spacial score (nSPS) is 14.7. The Labute approximate surface area is 152 Å². The van der Waals surface area contributed by atoms with Crippen molar-refractivity contribution in [2.24, 2.45) is 0 Å². The van der Waals surface area contributed by atoms with Gasteiger partial charge in [-0.05, 0) is 60.5 Å². The first kappa shape index (κ1) is 17.8. The summed E-state index contributed by atoms with van der Waals surface area (Å²) in [6, 6.07) is 9.96. The van der Waals surface area contributed by atoms with Gasteiger partial charge in [-0.1, -0.05) is 6.92 Å². The van der Waals surface area contributed by atoms with E-state index >= 15 is 0 Å². The predicted octanol–water partition coefficient (Wildman–Crippen LogP) is 3.59. The highest BCUT2D eigenvalue weighted by atomic mass is 32.1. The van der Waals surface area contributed by atoms with E-state index < -0.39 is 0 Å². The standard InChI is InChI=1S/C19H25N3O2S/c1-2-15(8-11-23)20-19(24)21-16-3-5-17(6-4-16)22-10-7-18-14(13-22)9-12-25-18/h3-6,9,12,15,23H,2,7-8,10-11,13H2,1H3,(H2,20,21,24)/t15-/m1/s1. The van der Waals surface area contributed by atoms with Crippen LogP contribution in [0.1, 0.15) is 30.2 Å². The highest BCUT2D eigenvalue weighted by molar-refractivity contribution is 7.10. The maximum atomic E-state index is 12.0. The lowest BCUT2D eigenvalue weighted by Crippen LogP contribution is -2.38. The van der Waals surface area contributed by atoms with Crippen LogP contribution >= 0.6 is 11.3 Å². The number of anilines is 2. The van der Waals surface area contributed by atoms with Crippen LogP contribution in [0.15, 0.2) is 35.7 Å². The fourth-order valence-electron chi connectivity index (χ4n) is 3.11. The second-order valence-corrected chi connectivity index (χ2v) is 7.30. The van der Waals surface area contributed by atoms with Crippen LogP contribution in [0.3, 0.4) is 0 Å². The molecule has 0 saturated heterocycles. The number of carbonyl (C=O) groups is 1. The third-order valence-electron chi connectivity index (χ3n) is 4.60. The molecule has 3 rings (SSSR count). The summed E-state index contributed by atoms with van der Waals surface area (Å²) < 4.78 is 0. The highest BCUT2D eigenvalue weighted by Gasteiger charge is 2.17. The van der Waals surface area contributed by atoms with Crippen LogP contribution in [0.4, 0.5) is 16.2 Å². The van der Waals surface area contributed by atoms with Crippen molar-refractivity contribution in [3.05, 3.63) is 46.2 Å². The number of benzene rings is 1. The number of hydrogen-bond donors (Lipinski definition) is 3. The largest absolute Gasteiger partial charge is 0.396 e. The number of amides is 2. The number of thiophene rings is 1. The Balaban J connectivity index is 1.56. The minimum Gasteiger partial charge on any atom is -0.396 e. The summed E-state index contributed by atoms with van der Waals surface area (Å²) in [5.74, 6) is 0. The van der Waals surface area contributed by atoms with E-state index in [2.05, 4.69) is 39.1 Å². The van der Waals surface area contributed by atoms with E-state index in [0.29, 0.717) is 6.42 Å². The van der Waals surface area contributed by atoms with Crippen LogP contribution in [0, 0.1) is 0 Å². The van der Waals surface area contributed by atoms with Crippen molar-refractivity contribution < 1.29 is 9.90 Å². The number of aliphatic hydroxyl groups excluding tert-OH is 1. The molecule has 0 fully saturated rings. The molecule has 3 N–H and O–H groups in total. The molecule has 1 aromatic carbocycles. The molecule has 0 radical (unpaired) electrons. The summed E-state index contributed by atoms with van der Waals surface area (Å²) in [4.78, 5) is 15.9. The molecule has 1 aliphatic heterocycles. The summed E-state index contributed by atoms with van der Waals surface area (Å²) in [6.45, 7) is 4.05. The zero-order valence-corrected chi connectivity index (χ0v) is 15.3. The maximum absolute atomic E-state index is 12.0. The molecule has 6 heteroatoms. The monoisotopic (exact) mass is 359 g/mol. The van der Waals surface area contributed by atoms with Gasteiger partial charge < -0.3 is 20.6 Å². The lowest BCUT2D eigenvalue weighted by molar-refractivity contribution is 0.237. The number of aliphatic hydroxyl groups is 1. The molecular weight excluding hydrogens is 334 g/mol. The van der Waals surface area contributed by atoms with Gasteiger partial charge in [0.25, 0.3) is 0 Å². The Morgan fingerprint density at radius 3 is 2.84 bits per heavy atom. The SMILES string of the molecule is CC[C@H](CCO)NC(=O)Nc1ccc(N2CCc3sccc3C2)cc1. The number of fused-ring (bicyclic) bond motifs is 1. The Hall–Kier alpha value is -2.05. The van der Waals surface area contributed by atoms with E-state index in [-0.39, 0.29) is 18.7 Å². The molecule has 0 spiro atoms. The molecule has 1 atom stereocenters. The Morgan fingerprint density at radius 1 is 1.32 bits per heavy atom. The van der Waals surface area contributed by atoms with E-state index in [1.165, 1.54) is 16.1 Å². The van der Waals surface area contributed by atoms with Crippen LogP contribution in [0.5, 0.6) is 0 Å². The van der Waals surface area contributed by atoms with E-state index in [0.717, 1.165) is 31.6 Å². The van der Waals surface area contributed by atoms with Crippen molar-refractivity contribution in [2.45, 2.75) is 38.8 Å². The Morgan fingerprint density at radius 2 is 2.12 bits per heavy atom. The first-order valence-electron chi connectivity index (χ1n) is 8.78. The third-order valence-corrected chi connectivity index (χ3v) is 5.63. The van der Waals surface area contributed by atoms with Crippen molar-refractivity contribution in [3.8, 4) is 0 Å². The van der Waals surface area contributed by atoms with Gasteiger partial charge in [0.2, 0.25) is 0 Å². The summed E-state index contributed by atoms with van der Waals surface area (Å²) in [5, 5.41) is 16.9. The topological polar surface area (TPSA) is 64.6 Å². The van der Waals surface area contributed by atoms with Gasteiger partial charge in [-0.15, -0.1) is 11.3 Å². The minimum atomic E-state index is -0.228. The molecule has 2 heterocycles. The van der Waals surface area contributed by atoms with Crippen molar-refractivity contribution >= 4 is 28.7 Å². The van der Waals surface area contributed by atoms with Gasteiger partial charge >= 0.3 is 6.03 Å². The lowest BCUT2D eigenvalue weighted by atomic mass is 10.1. The molecule has 2 aromatic rings. The molecule has 0 saturated carbocycles. The molecule has 2 amide bonds. The summed E-state index contributed by atoms with van der Waals surface area (Å²) in [7, 11) is 0. The minimum absolute atomic E-state index is 0.00238. The van der Waals surface area contributed by atoms with E-state index in [4.69, 9.17) is 5.11 Å². The molecule has 25 heavy (non-hydrogen) atoms. The molecule has 0 bridgehead atoms. The van der Waals surface area contributed by atoms with Gasteiger partial charge in [-0.2, -0.15) is 0 Å². The second kappa shape index (κ2) is 8.36. The van der Waals surface area contributed by atoms with Crippen molar-refractivity contribution in [1.82, 2.24) is 5.32 Å². The fourth-order valence-corrected chi connectivity index (χ4v) is 4.00. The van der Waals surface area contributed by atoms with Gasteiger partial charge in [-0.25, -0.2) is 4.79 Å². The van der Waals surface area contributed by atoms with E-state index in [1.54, 1.807) is 0 Å². The zero-order valence-electron chi connectivity index (χ0n) is 14.5. The third kappa shape index (κ3) is 4.52. The van der Waals surface area contributed by atoms with Crippen molar-refractivity contribution in [3.63, 3.8) is 0 Å². The fraction of sp³-hybridized carbons (Fsp3) is 0.421. The van der Waals surface area contributed by atoms with Crippen LogP contribution in [-0.2, 0) is 13.0 Å². The van der Waals surface area contributed by atoms with E-state index in [9.17, 15) is 4.79 Å². The zero-order chi connectivity index (χ0) is 17.6. The quantitative estimate of drug-likeness (QED) is 0.738. The van der Waals surface area contributed by atoms with Crippen LogP contribution in [0.25, 0.3) is 0 Å². The van der Waals surface area contributed by atoms with Gasteiger partial charge in [-0.3, -0.25) is 0 Å². The number of hydrogen-bond acceptors (Lipinski definition) is 4. The molecule has 0 unspecified atom stereocenters. The maximum Gasteiger partial charge on any atom is 0.319 e. The van der Waals surface area contributed by atoms with Gasteiger partial charge in [0.05, 0.1) is 0 Å². The van der Waals surface area contributed by atoms with Crippen LogP contribution < -0.4 is 15.5 Å². The number of carbonyl (C=O) groups excluding carboxylic acids is 1. The molecule has 5 nitrogen and oxygen atoms in total. The smallest absolute Gasteiger partial charge is 0.319 e. The summed E-state index contributed by atoms with van der Waals surface area (Å²) >= 11 is 1.85. The number of nitrogens with one attached hydrogen (secondary N) is 2. The van der Waals surface area contributed by atoms with Crippen molar-refractivity contribution in [2.75, 3.05) is 23.4 Å². The molecule has 1 aromatic heterocycles. The number of urea groups is 1. The summed E-state index contributed by atoms with van der Waals surface area (Å²) in [5.41, 5.74) is 3.37. The summed E-state index contributed by atoms with van der Waals surface area (Å²) in [6.07, 6.45) is 2.47. The average Bonchev–Trinajstić information content (AvgIpc) is 3.09. The highest BCUT2D eigenvalue weighted by Crippen LogP contribution is 2.28. The number of rotatable bonds is 6. The molecular formula is C19H25N3O2S.